The number of non-ortho nitro benzene ring substituents is 1. The number of methoxy groups -OCH3 is 2. The summed E-state index contributed by atoms with van der Waals surface area (Å²) in [5, 5.41) is 21.8. The number of rotatable bonds is 6. The average Bonchev–Trinajstić information content (AvgIpc) is 3.17. The molecular weight excluding hydrogens is 496 g/mol. The summed E-state index contributed by atoms with van der Waals surface area (Å²) in [6.07, 6.45) is 0.621. The molecule has 1 fully saturated rings. The summed E-state index contributed by atoms with van der Waals surface area (Å²) >= 11 is 3.45. The minimum Gasteiger partial charge on any atom is -0.496 e. The fourth-order valence-electron chi connectivity index (χ4n) is 4.50. The van der Waals surface area contributed by atoms with Gasteiger partial charge in [0.1, 0.15) is 28.2 Å². The lowest BCUT2D eigenvalue weighted by Crippen LogP contribution is -2.33. The number of ether oxygens (including phenoxy) is 2. The predicted molar refractivity (Wildman–Crippen MR) is 126 cm³/mol. The Kier molecular flexibility index (Phi) is 6.42. The van der Waals surface area contributed by atoms with Crippen LogP contribution in [0.5, 0.6) is 11.5 Å². The number of aliphatic hydroxyl groups excluding tert-OH is 1. The van der Waals surface area contributed by atoms with E-state index >= 15 is 0 Å². The first-order valence-corrected chi connectivity index (χ1v) is 11.1. The predicted octanol–water partition coefficient (Wildman–Crippen LogP) is 3.93. The quantitative estimate of drug-likeness (QED) is 0.385. The second-order valence-corrected chi connectivity index (χ2v) is 8.78. The highest BCUT2D eigenvalue weighted by atomic mass is 79.9. The Balaban J connectivity index is 2.12. The third-order valence-electron chi connectivity index (χ3n) is 6.21. The van der Waals surface area contributed by atoms with Crippen LogP contribution in [0.25, 0.3) is 22.3 Å². The lowest BCUT2D eigenvalue weighted by molar-refractivity contribution is -0.384. The summed E-state index contributed by atoms with van der Waals surface area (Å²) in [7, 11) is 4.83. The van der Waals surface area contributed by atoms with Crippen LogP contribution in [0.4, 0.5) is 5.69 Å². The summed E-state index contributed by atoms with van der Waals surface area (Å²) < 4.78 is 17.6. The number of aliphatic hydroxyl groups is 1. The molecule has 174 valence electrons. The first-order chi connectivity index (χ1) is 15.8. The number of nitro groups is 1. The van der Waals surface area contributed by atoms with Crippen LogP contribution in [0.3, 0.4) is 0 Å². The van der Waals surface area contributed by atoms with Gasteiger partial charge in [-0.3, -0.25) is 14.9 Å². The normalized spacial score (nSPS) is 18.6. The van der Waals surface area contributed by atoms with Gasteiger partial charge < -0.3 is 23.9 Å². The van der Waals surface area contributed by atoms with Gasteiger partial charge in [-0.15, -0.1) is 0 Å². The van der Waals surface area contributed by atoms with Crippen molar-refractivity contribution in [1.29, 1.82) is 0 Å². The standard InChI is InChI=1S/C23H23BrN2O7/c1-25-7-6-14(17(25)11-27)20-22(28)21-18(32-3)9-13(31-2)10-19(21)33-23(20)15-8-12(26(29)30)4-5-16(15)24/h4-5,8-10,14,17,27H,6-7,11H2,1-3H3/t14-,17+/m1/s1. The van der Waals surface area contributed by atoms with E-state index in [2.05, 4.69) is 15.9 Å². The van der Waals surface area contributed by atoms with Gasteiger partial charge in [0.15, 0.2) is 0 Å². The van der Waals surface area contributed by atoms with E-state index in [0.717, 1.165) is 0 Å². The molecule has 0 radical (unpaired) electrons. The molecule has 4 rings (SSSR count). The van der Waals surface area contributed by atoms with E-state index in [0.29, 0.717) is 40.1 Å². The number of halogens is 1. The van der Waals surface area contributed by atoms with Gasteiger partial charge >= 0.3 is 0 Å². The van der Waals surface area contributed by atoms with Crippen molar-refractivity contribution >= 4 is 32.6 Å². The SMILES string of the molecule is COc1cc(OC)c2c(=O)c([C@@H]3CCN(C)[C@H]3CO)c(-c3cc([N+](=O)[O-])ccc3Br)oc2c1. The molecule has 2 aromatic carbocycles. The molecule has 33 heavy (non-hydrogen) atoms. The van der Waals surface area contributed by atoms with Gasteiger partial charge in [0.05, 0.1) is 25.7 Å². The van der Waals surface area contributed by atoms with Gasteiger partial charge in [0, 0.05) is 51.8 Å². The maximum absolute atomic E-state index is 14.0. The largest absolute Gasteiger partial charge is 0.496 e. The maximum Gasteiger partial charge on any atom is 0.270 e. The van der Waals surface area contributed by atoms with Gasteiger partial charge in [-0.2, -0.15) is 0 Å². The van der Waals surface area contributed by atoms with Crippen LogP contribution < -0.4 is 14.9 Å². The third-order valence-corrected chi connectivity index (χ3v) is 6.90. The highest BCUT2D eigenvalue weighted by Crippen LogP contribution is 2.42. The molecule has 0 spiro atoms. The zero-order chi connectivity index (χ0) is 23.9. The van der Waals surface area contributed by atoms with Gasteiger partial charge in [0.25, 0.3) is 5.69 Å². The van der Waals surface area contributed by atoms with E-state index in [1.807, 2.05) is 11.9 Å². The van der Waals surface area contributed by atoms with Crippen LogP contribution in [0, 0.1) is 10.1 Å². The Hall–Kier alpha value is -2.95. The Labute approximate surface area is 197 Å². The van der Waals surface area contributed by atoms with Crippen molar-refractivity contribution in [2.45, 2.75) is 18.4 Å². The molecule has 10 heteroatoms. The molecule has 0 aliphatic carbocycles. The molecule has 1 saturated heterocycles. The third kappa shape index (κ3) is 3.98. The fourth-order valence-corrected chi connectivity index (χ4v) is 4.93. The van der Waals surface area contributed by atoms with Crippen molar-refractivity contribution in [1.82, 2.24) is 4.90 Å². The Morgan fingerprint density at radius 1 is 1.27 bits per heavy atom. The van der Waals surface area contributed by atoms with Crippen LogP contribution in [0.1, 0.15) is 17.9 Å². The lowest BCUT2D eigenvalue weighted by atomic mass is 9.88. The van der Waals surface area contributed by atoms with E-state index in [1.165, 1.54) is 26.4 Å². The molecule has 2 atom stereocenters. The molecule has 1 aliphatic rings. The first kappa shape index (κ1) is 23.2. The summed E-state index contributed by atoms with van der Waals surface area (Å²) in [6.45, 7) is 0.538. The zero-order valence-corrected chi connectivity index (χ0v) is 19.9. The van der Waals surface area contributed by atoms with Gasteiger partial charge in [-0.05, 0) is 26.1 Å². The maximum atomic E-state index is 14.0. The van der Waals surface area contributed by atoms with E-state index in [-0.39, 0.29) is 46.4 Å². The highest BCUT2D eigenvalue weighted by molar-refractivity contribution is 9.10. The van der Waals surface area contributed by atoms with Crippen molar-refractivity contribution in [3.8, 4) is 22.8 Å². The van der Waals surface area contributed by atoms with E-state index in [1.54, 1.807) is 18.2 Å². The van der Waals surface area contributed by atoms with Gasteiger partial charge in [-0.25, -0.2) is 0 Å². The van der Waals surface area contributed by atoms with Gasteiger partial charge in [0.2, 0.25) is 5.43 Å². The summed E-state index contributed by atoms with van der Waals surface area (Å²) in [6, 6.07) is 7.20. The fraction of sp³-hybridized carbons (Fsp3) is 0.348. The minimum absolute atomic E-state index is 0.132. The summed E-state index contributed by atoms with van der Waals surface area (Å²) in [5.41, 5.74) is 0.539. The molecular formula is C23H23BrN2O7. The molecule has 0 bridgehead atoms. The smallest absolute Gasteiger partial charge is 0.270 e. The Morgan fingerprint density at radius 2 is 2.03 bits per heavy atom. The van der Waals surface area contributed by atoms with Crippen LogP contribution >= 0.6 is 15.9 Å². The van der Waals surface area contributed by atoms with Crippen LogP contribution in [0.2, 0.25) is 0 Å². The molecule has 3 aromatic rings. The molecule has 0 amide bonds. The van der Waals surface area contributed by atoms with Crippen LogP contribution in [-0.2, 0) is 0 Å². The average molecular weight is 519 g/mol. The van der Waals surface area contributed by atoms with Gasteiger partial charge in [-0.1, -0.05) is 15.9 Å². The van der Waals surface area contributed by atoms with E-state index < -0.39 is 4.92 Å². The van der Waals surface area contributed by atoms with Crippen LogP contribution in [-0.4, -0.2) is 55.4 Å². The van der Waals surface area contributed by atoms with Crippen molar-refractivity contribution in [2.75, 3.05) is 34.4 Å². The van der Waals surface area contributed by atoms with E-state index in [4.69, 9.17) is 13.9 Å². The van der Waals surface area contributed by atoms with Crippen molar-refractivity contribution in [2.24, 2.45) is 0 Å². The Morgan fingerprint density at radius 3 is 2.67 bits per heavy atom. The molecule has 2 heterocycles. The Bertz CT molecular complexity index is 1290. The monoisotopic (exact) mass is 518 g/mol. The number of likely N-dealkylation sites (N-methyl/N-ethyl adjacent to an activating group) is 1. The van der Waals surface area contributed by atoms with Crippen molar-refractivity contribution in [3.63, 3.8) is 0 Å². The molecule has 0 unspecified atom stereocenters. The molecule has 1 aromatic heterocycles. The van der Waals surface area contributed by atoms with Crippen LogP contribution in [0.15, 0.2) is 44.0 Å². The molecule has 0 saturated carbocycles. The van der Waals surface area contributed by atoms with E-state index in [9.17, 15) is 20.0 Å². The topological polar surface area (TPSA) is 115 Å². The number of nitrogens with zero attached hydrogens (tertiary/aromatic N) is 2. The molecule has 1 N–H and O–H groups in total. The number of fused-ring (bicyclic) bond motifs is 1. The highest BCUT2D eigenvalue weighted by Gasteiger charge is 2.38. The van der Waals surface area contributed by atoms with Crippen molar-refractivity contribution < 1.29 is 23.9 Å². The second-order valence-electron chi connectivity index (χ2n) is 7.92. The van der Waals surface area contributed by atoms with Crippen molar-refractivity contribution in [3.05, 3.63) is 60.7 Å². The first-order valence-electron chi connectivity index (χ1n) is 10.3. The molecule has 9 nitrogen and oxygen atoms in total. The number of nitro benzene ring substituents is 1. The summed E-state index contributed by atoms with van der Waals surface area (Å²) in [4.78, 5) is 26.9. The lowest BCUT2D eigenvalue weighted by Gasteiger charge is -2.24. The summed E-state index contributed by atoms with van der Waals surface area (Å²) in [5.74, 6) is 0.620. The number of hydrogen-bond donors (Lipinski definition) is 1. The number of likely N-dealkylation sites (tertiary alicyclic amines) is 1. The number of benzene rings is 2. The number of hydrogen-bond acceptors (Lipinski definition) is 8. The molecule has 1 aliphatic heterocycles. The minimum atomic E-state index is -0.499. The second kappa shape index (κ2) is 9.12. The zero-order valence-electron chi connectivity index (χ0n) is 18.3.